The molecular weight excluding hydrogens is 264 g/mol. The summed E-state index contributed by atoms with van der Waals surface area (Å²) in [5.74, 6) is 0.589. The highest BCUT2D eigenvalue weighted by Crippen LogP contribution is 2.31. The fourth-order valence-electron chi connectivity index (χ4n) is 3.39. The van der Waals surface area contributed by atoms with Crippen LogP contribution in [0.5, 0.6) is 0 Å². The van der Waals surface area contributed by atoms with Crippen LogP contribution in [0, 0.1) is 12.8 Å². The van der Waals surface area contributed by atoms with Gasteiger partial charge < -0.3 is 15.0 Å². The summed E-state index contributed by atoms with van der Waals surface area (Å²) in [6.45, 7) is 7.87. The summed E-state index contributed by atoms with van der Waals surface area (Å²) in [7, 11) is 0. The Hall–Kier alpha value is -1.39. The standard InChI is InChI=1S/C17H24N2O2/c1-13-5-3-4-6-14(13)10-19-12-17(2,21-11-16(19)20)15-7-8-18-9-15/h3-6,15,18H,7-12H2,1-2H3. The maximum atomic E-state index is 12.2. The molecule has 2 unspecified atom stereocenters. The number of aryl methyl sites for hydroxylation is 1. The van der Waals surface area contributed by atoms with Gasteiger partial charge in [-0.15, -0.1) is 0 Å². The van der Waals surface area contributed by atoms with Crippen molar-refractivity contribution in [2.75, 3.05) is 26.2 Å². The van der Waals surface area contributed by atoms with Crippen molar-refractivity contribution in [3.05, 3.63) is 35.4 Å². The molecule has 21 heavy (non-hydrogen) atoms. The molecule has 2 atom stereocenters. The first kappa shape index (κ1) is 14.5. The van der Waals surface area contributed by atoms with Crippen LogP contribution in [-0.4, -0.2) is 42.6 Å². The molecule has 3 rings (SSSR count). The molecule has 1 N–H and O–H groups in total. The number of nitrogens with zero attached hydrogens (tertiary/aromatic N) is 1. The molecule has 0 saturated carbocycles. The minimum absolute atomic E-state index is 0.0988. The number of ether oxygens (including phenoxy) is 1. The highest BCUT2D eigenvalue weighted by Gasteiger charge is 2.43. The topological polar surface area (TPSA) is 41.6 Å². The number of hydrogen-bond acceptors (Lipinski definition) is 3. The van der Waals surface area contributed by atoms with E-state index in [0.717, 1.165) is 19.5 Å². The van der Waals surface area contributed by atoms with E-state index in [2.05, 4.69) is 31.3 Å². The van der Waals surface area contributed by atoms with Gasteiger partial charge in [-0.2, -0.15) is 0 Å². The van der Waals surface area contributed by atoms with E-state index in [-0.39, 0.29) is 18.1 Å². The number of nitrogens with one attached hydrogen (secondary N) is 1. The number of benzene rings is 1. The lowest BCUT2D eigenvalue weighted by Gasteiger charge is -2.43. The summed E-state index contributed by atoms with van der Waals surface area (Å²) in [6.07, 6.45) is 1.13. The summed E-state index contributed by atoms with van der Waals surface area (Å²) in [4.78, 5) is 14.2. The molecule has 0 bridgehead atoms. The van der Waals surface area contributed by atoms with Crippen LogP contribution < -0.4 is 5.32 Å². The average Bonchev–Trinajstić information content (AvgIpc) is 3.00. The molecule has 4 nitrogen and oxygen atoms in total. The van der Waals surface area contributed by atoms with Gasteiger partial charge in [0.2, 0.25) is 5.91 Å². The van der Waals surface area contributed by atoms with Gasteiger partial charge in [-0.25, -0.2) is 0 Å². The molecule has 0 spiro atoms. The van der Waals surface area contributed by atoms with Crippen LogP contribution in [0.25, 0.3) is 0 Å². The van der Waals surface area contributed by atoms with Crippen LogP contribution in [0.15, 0.2) is 24.3 Å². The highest BCUT2D eigenvalue weighted by atomic mass is 16.5. The number of amides is 1. The molecule has 2 aliphatic heterocycles. The molecule has 0 aromatic heterocycles. The van der Waals surface area contributed by atoms with Crippen LogP contribution in [-0.2, 0) is 16.1 Å². The molecule has 2 saturated heterocycles. The lowest BCUT2D eigenvalue weighted by molar-refractivity contribution is -0.169. The van der Waals surface area contributed by atoms with E-state index in [9.17, 15) is 4.79 Å². The Labute approximate surface area is 126 Å². The van der Waals surface area contributed by atoms with Gasteiger partial charge in [0.25, 0.3) is 0 Å². The van der Waals surface area contributed by atoms with Crippen molar-refractivity contribution in [1.29, 1.82) is 0 Å². The van der Waals surface area contributed by atoms with Gasteiger partial charge in [0.1, 0.15) is 6.61 Å². The van der Waals surface area contributed by atoms with Gasteiger partial charge >= 0.3 is 0 Å². The van der Waals surface area contributed by atoms with Gasteiger partial charge in [-0.1, -0.05) is 24.3 Å². The van der Waals surface area contributed by atoms with Crippen molar-refractivity contribution in [3.8, 4) is 0 Å². The number of carbonyl (C=O) groups is 1. The maximum absolute atomic E-state index is 12.2. The van der Waals surface area contributed by atoms with Gasteiger partial charge in [0.15, 0.2) is 0 Å². The zero-order chi connectivity index (χ0) is 14.9. The average molecular weight is 288 g/mol. The first-order valence-electron chi connectivity index (χ1n) is 7.75. The molecule has 1 aromatic rings. The first-order chi connectivity index (χ1) is 10.1. The van der Waals surface area contributed by atoms with E-state index in [1.54, 1.807) is 0 Å². The molecule has 114 valence electrons. The number of rotatable bonds is 3. The second-order valence-electron chi connectivity index (χ2n) is 6.47. The SMILES string of the molecule is Cc1ccccc1CN1CC(C)(C2CCNC2)OCC1=O. The summed E-state index contributed by atoms with van der Waals surface area (Å²) in [5, 5.41) is 3.40. The van der Waals surface area contributed by atoms with E-state index in [1.165, 1.54) is 11.1 Å². The van der Waals surface area contributed by atoms with E-state index in [4.69, 9.17) is 4.74 Å². The van der Waals surface area contributed by atoms with Crippen LogP contribution in [0.3, 0.4) is 0 Å². The van der Waals surface area contributed by atoms with E-state index in [0.29, 0.717) is 19.0 Å². The Kier molecular flexibility index (Phi) is 4.00. The number of carbonyl (C=O) groups excluding carboxylic acids is 1. The van der Waals surface area contributed by atoms with Gasteiger partial charge in [-0.05, 0) is 37.9 Å². The van der Waals surface area contributed by atoms with Crippen molar-refractivity contribution >= 4 is 5.91 Å². The van der Waals surface area contributed by atoms with E-state index in [1.807, 2.05) is 17.0 Å². The molecule has 2 fully saturated rings. The predicted octanol–water partition coefficient (Wildman–Crippen LogP) is 1.72. The Balaban J connectivity index is 1.74. The van der Waals surface area contributed by atoms with Crippen molar-refractivity contribution in [2.24, 2.45) is 5.92 Å². The van der Waals surface area contributed by atoms with Gasteiger partial charge in [0, 0.05) is 19.0 Å². The summed E-state index contributed by atoms with van der Waals surface area (Å²) in [6, 6.07) is 8.27. The monoisotopic (exact) mass is 288 g/mol. The highest BCUT2D eigenvalue weighted by molar-refractivity contribution is 5.78. The van der Waals surface area contributed by atoms with E-state index >= 15 is 0 Å². The quantitative estimate of drug-likeness (QED) is 0.921. The largest absolute Gasteiger partial charge is 0.363 e. The smallest absolute Gasteiger partial charge is 0.248 e. The fourth-order valence-corrected chi connectivity index (χ4v) is 3.39. The van der Waals surface area contributed by atoms with Crippen molar-refractivity contribution in [1.82, 2.24) is 10.2 Å². The van der Waals surface area contributed by atoms with Crippen molar-refractivity contribution < 1.29 is 9.53 Å². The van der Waals surface area contributed by atoms with Gasteiger partial charge in [0.05, 0.1) is 12.1 Å². The first-order valence-corrected chi connectivity index (χ1v) is 7.75. The van der Waals surface area contributed by atoms with E-state index < -0.39 is 0 Å². The Morgan fingerprint density at radius 1 is 1.43 bits per heavy atom. The summed E-state index contributed by atoms with van der Waals surface area (Å²) >= 11 is 0. The zero-order valence-corrected chi connectivity index (χ0v) is 12.9. The molecule has 0 aliphatic carbocycles. The number of morpholine rings is 1. The lowest BCUT2D eigenvalue weighted by atomic mass is 9.86. The third-order valence-corrected chi connectivity index (χ3v) is 4.93. The fraction of sp³-hybridized carbons (Fsp3) is 0.588. The Bertz CT molecular complexity index is 525. The maximum Gasteiger partial charge on any atom is 0.248 e. The summed E-state index contributed by atoms with van der Waals surface area (Å²) < 4.78 is 5.93. The second kappa shape index (κ2) is 5.78. The molecule has 1 amide bonds. The third-order valence-electron chi connectivity index (χ3n) is 4.93. The van der Waals surface area contributed by atoms with Crippen LogP contribution in [0.1, 0.15) is 24.5 Å². The molecule has 1 aromatic carbocycles. The minimum atomic E-state index is -0.222. The van der Waals surface area contributed by atoms with Crippen LogP contribution in [0.4, 0.5) is 0 Å². The van der Waals surface area contributed by atoms with Gasteiger partial charge in [-0.3, -0.25) is 4.79 Å². The molecular formula is C17H24N2O2. The van der Waals surface area contributed by atoms with Crippen molar-refractivity contribution in [2.45, 2.75) is 32.4 Å². The normalized spacial score (nSPS) is 29.9. The van der Waals surface area contributed by atoms with Crippen LogP contribution >= 0.6 is 0 Å². The molecule has 0 radical (unpaired) electrons. The molecule has 4 heteroatoms. The Morgan fingerprint density at radius 3 is 2.95 bits per heavy atom. The number of hydrogen-bond donors (Lipinski definition) is 1. The minimum Gasteiger partial charge on any atom is -0.363 e. The second-order valence-corrected chi connectivity index (χ2v) is 6.47. The molecule has 2 aliphatic rings. The van der Waals surface area contributed by atoms with Crippen LogP contribution in [0.2, 0.25) is 0 Å². The van der Waals surface area contributed by atoms with Crippen molar-refractivity contribution in [3.63, 3.8) is 0 Å². The molecule has 2 heterocycles. The summed E-state index contributed by atoms with van der Waals surface area (Å²) in [5.41, 5.74) is 2.24. The Morgan fingerprint density at radius 2 is 2.24 bits per heavy atom. The third kappa shape index (κ3) is 2.97. The predicted molar refractivity (Wildman–Crippen MR) is 81.9 cm³/mol. The lowest BCUT2D eigenvalue weighted by Crippen LogP contribution is -2.56. The zero-order valence-electron chi connectivity index (χ0n) is 12.9.